The molecule has 8 nitrogen and oxygen atoms in total. The maximum absolute atomic E-state index is 12.9. The fraction of sp³-hybridized carbons (Fsp3) is 0.364. The number of hydrogen-bond donors (Lipinski definition) is 2. The van der Waals surface area contributed by atoms with Crippen LogP contribution in [0.4, 0.5) is 0 Å². The third-order valence-corrected chi connectivity index (χ3v) is 5.77. The van der Waals surface area contributed by atoms with Gasteiger partial charge in [-0.15, -0.1) is 0 Å². The lowest BCUT2D eigenvalue weighted by Gasteiger charge is -2.11. The van der Waals surface area contributed by atoms with Crippen LogP contribution in [0.5, 0.6) is 5.75 Å². The number of hydrogen-bond acceptors (Lipinski definition) is 5. The highest BCUT2D eigenvalue weighted by atomic mass is 35.5. The van der Waals surface area contributed by atoms with Crippen molar-refractivity contribution < 1.29 is 14.3 Å². The van der Waals surface area contributed by atoms with E-state index in [0.29, 0.717) is 57.0 Å². The third kappa shape index (κ3) is 4.97. The second kappa shape index (κ2) is 9.34. The molecule has 1 aliphatic carbocycles. The summed E-state index contributed by atoms with van der Waals surface area (Å²) in [5, 5.41) is 6.02. The molecule has 4 rings (SSSR count). The van der Waals surface area contributed by atoms with Crippen molar-refractivity contribution in [2.45, 2.75) is 38.5 Å². The molecule has 1 aliphatic rings. The Labute approximate surface area is 195 Å². The molecule has 0 aliphatic heterocycles. The molecule has 3 aromatic rings. The molecule has 1 saturated carbocycles. The predicted molar refractivity (Wildman–Crippen MR) is 122 cm³/mol. The minimum Gasteiger partial charge on any atom is -0.492 e. The van der Waals surface area contributed by atoms with Crippen LogP contribution in [0.3, 0.4) is 0 Å². The lowest BCUT2D eigenvalue weighted by molar-refractivity contribution is -0.122. The number of fused-ring (bicyclic) bond motifs is 1. The van der Waals surface area contributed by atoms with Crippen molar-refractivity contribution in [1.29, 1.82) is 0 Å². The quantitative estimate of drug-likeness (QED) is 0.396. The van der Waals surface area contributed by atoms with E-state index in [1.807, 2.05) is 14.0 Å². The monoisotopic (exact) mass is 475 g/mol. The van der Waals surface area contributed by atoms with Crippen LogP contribution in [0, 0.1) is 6.92 Å². The second-order valence-electron chi connectivity index (χ2n) is 7.81. The number of rotatable bonds is 7. The molecule has 0 spiro atoms. The van der Waals surface area contributed by atoms with Crippen molar-refractivity contribution in [2.24, 2.45) is 7.05 Å². The number of nitrogens with one attached hydrogen (secondary N) is 2. The van der Waals surface area contributed by atoms with Gasteiger partial charge >= 0.3 is 0 Å². The van der Waals surface area contributed by atoms with Crippen molar-refractivity contribution in [1.82, 2.24) is 25.6 Å². The average Bonchev–Trinajstić information content (AvgIpc) is 3.56. The lowest BCUT2D eigenvalue weighted by atomic mass is 10.1. The van der Waals surface area contributed by atoms with Gasteiger partial charge in [-0.2, -0.15) is 5.10 Å². The Morgan fingerprint density at radius 1 is 1.22 bits per heavy atom. The number of carbonyl (C=O) groups excluding carboxylic acids is 2. The number of halogens is 2. The molecule has 1 fully saturated rings. The zero-order chi connectivity index (χ0) is 22.8. The highest BCUT2D eigenvalue weighted by Gasteiger charge is 2.28. The summed E-state index contributed by atoms with van der Waals surface area (Å²) in [4.78, 5) is 29.7. The van der Waals surface area contributed by atoms with Crippen molar-refractivity contribution in [3.05, 3.63) is 51.3 Å². The van der Waals surface area contributed by atoms with Crippen LogP contribution in [-0.2, 0) is 11.8 Å². The van der Waals surface area contributed by atoms with Gasteiger partial charge in [0.05, 0.1) is 28.3 Å². The Kier molecular flexibility index (Phi) is 6.53. The number of hydrazine groups is 1. The van der Waals surface area contributed by atoms with Crippen LogP contribution in [0.2, 0.25) is 10.0 Å². The first-order chi connectivity index (χ1) is 15.3. The first-order valence-electron chi connectivity index (χ1n) is 10.3. The van der Waals surface area contributed by atoms with Crippen LogP contribution < -0.4 is 15.6 Å². The number of ether oxygens (including phenoxy) is 1. The number of aromatic nitrogens is 3. The molecule has 0 radical (unpaired) electrons. The van der Waals surface area contributed by atoms with Gasteiger partial charge in [0, 0.05) is 30.1 Å². The molecule has 32 heavy (non-hydrogen) atoms. The van der Waals surface area contributed by atoms with Gasteiger partial charge in [0.15, 0.2) is 5.65 Å². The Hall–Kier alpha value is -2.84. The van der Waals surface area contributed by atoms with Gasteiger partial charge in [-0.1, -0.05) is 23.2 Å². The zero-order valence-electron chi connectivity index (χ0n) is 17.7. The zero-order valence-corrected chi connectivity index (χ0v) is 19.3. The summed E-state index contributed by atoms with van der Waals surface area (Å²) >= 11 is 11.9. The summed E-state index contributed by atoms with van der Waals surface area (Å²) in [6.45, 7) is 2.14. The SMILES string of the molecule is Cc1nn(C)c2nc(C3CC3)cc(C(=O)NNC(=O)CCCOc3ccc(Cl)cc3Cl)c12. The van der Waals surface area contributed by atoms with Gasteiger partial charge in [-0.3, -0.25) is 25.1 Å². The number of aryl methyl sites for hydroxylation is 2. The van der Waals surface area contributed by atoms with Crippen LogP contribution in [0.25, 0.3) is 11.0 Å². The van der Waals surface area contributed by atoms with E-state index in [1.165, 1.54) is 0 Å². The van der Waals surface area contributed by atoms with Gasteiger partial charge in [0.25, 0.3) is 5.91 Å². The number of amides is 2. The first kappa shape index (κ1) is 22.4. The second-order valence-corrected chi connectivity index (χ2v) is 8.65. The van der Waals surface area contributed by atoms with E-state index >= 15 is 0 Å². The summed E-state index contributed by atoms with van der Waals surface area (Å²) < 4.78 is 7.25. The molecular weight excluding hydrogens is 453 g/mol. The van der Waals surface area contributed by atoms with Crippen LogP contribution in [0.1, 0.15) is 53.3 Å². The minimum absolute atomic E-state index is 0.177. The van der Waals surface area contributed by atoms with Crippen LogP contribution in [0.15, 0.2) is 24.3 Å². The fourth-order valence-corrected chi connectivity index (χ4v) is 3.96. The number of pyridine rings is 1. The number of benzene rings is 1. The number of carbonyl (C=O) groups is 2. The molecular formula is C22H23Cl2N5O3. The largest absolute Gasteiger partial charge is 0.492 e. The molecule has 2 amide bonds. The Bertz CT molecular complexity index is 1190. The smallest absolute Gasteiger partial charge is 0.270 e. The van der Waals surface area contributed by atoms with Crippen molar-refractivity contribution in [3.8, 4) is 5.75 Å². The standard InChI is InChI=1S/C22H23Cl2N5O3/c1-12-20-15(11-17(13-5-6-13)25-21(20)29(2)28-12)22(31)27-26-19(30)4-3-9-32-18-8-7-14(23)10-16(18)24/h7-8,10-11,13H,3-6,9H2,1-2H3,(H,26,30)(H,27,31). The van der Waals surface area contributed by atoms with E-state index in [1.54, 1.807) is 28.9 Å². The molecule has 0 saturated heterocycles. The summed E-state index contributed by atoms with van der Waals surface area (Å²) in [6.07, 6.45) is 2.76. The Morgan fingerprint density at radius 2 is 2.00 bits per heavy atom. The lowest BCUT2D eigenvalue weighted by Crippen LogP contribution is -2.41. The highest BCUT2D eigenvalue weighted by Crippen LogP contribution is 2.40. The van der Waals surface area contributed by atoms with Crippen molar-refractivity contribution >= 4 is 46.0 Å². The van der Waals surface area contributed by atoms with E-state index in [2.05, 4.69) is 20.9 Å². The summed E-state index contributed by atoms with van der Waals surface area (Å²) in [7, 11) is 1.81. The third-order valence-electron chi connectivity index (χ3n) is 5.24. The maximum Gasteiger partial charge on any atom is 0.270 e. The van der Waals surface area contributed by atoms with E-state index in [4.69, 9.17) is 27.9 Å². The molecule has 0 atom stereocenters. The topological polar surface area (TPSA) is 98.1 Å². The summed E-state index contributed by atoms with van der Waals surface area (Å²) in [6, 6.07) is 6.76. The van der Waals surface area contributed by atoms with Crippen LogP contribution >= 0.6 is 23.2 Å². The van der Waals surface area contributed by atoms with Gasteiger partial charge < -0.3 is 4.74 Å². The van der Waals surface area contributed by atoms with Crippen LogP contribution in [-0.4, -0.2) is 33.2 Å². The first-order valence-corrected chi connectivity index (χ1v) is 11.1. The molecule has 2 N–H and O–H groups in total. The Morgan fingerprint density at radius 3 is 2.72 bits per heavy atom. The molecule has 1 aromatic carbocycles. The predicted octanol–water partition coefficient (Wildman–Crippen LogP) is 4.08. The molecule has 2 heterocycles. The molecule has 0 bridgehead atoms. The van der Waals surface area contributed by atoms with Gasteiger partial charge in [-0.05, 0) is 50.5 Å². The van der Waals surface area contributed by atoms with Crippen molar-refractivity contribution in [2.75, 3.05) is 6.61 Å². The van der Waals surface area contributed by atoms with Gasteiger partial charge in [0.1, 0.15) is 5.75 Å². The summed E-state index contributed by atoms with van der Waals surface area (Å²) in [5.41, 5.74) is 7.70. The fourth-order valence-electron chi connectivity index (χ4n) is 3.49. The molecule has 2 aromatic heterocycles. The molecule has 168 valence electrons. The van der Waals surface area contributed by atoms with E-state index in [-0.39, 0.29) is 12.3 Å². The highest BCUT2D eigenvalue weighted by molar-refractivity contribution is 6.35. The van der Waals surface area contributed by atoms with Crippen molar-refractivity contribution in [3.63, 3.8) is 0 Å². The molecule has 0 unspecified atom stereocenters. The van der Waals surface area contributed by atoms with E-state index in [0.717, 1.165) is 18.5 Å². The Balaban J connectivity index is 1.32. The summed E-state index contributed by atoms with van der Waals surface area (Å²) in [5.74, 6) is 0.169. The number of nitrogens with zero attached hydrogens (tertiary/aromatic N) is 3. The average molecular weight is 476 g/mol. The molecule has 10 heteroatoms. The van der Waals surface area contributed by atoms with E-state index < -0.39 is 5.91 Å². The maximum atomic E-state index is 12.9. The minimum atomic E-state index is -0.395. The normalized spacial score (nSPS) is 13.2. The van der Waals surface area contributed by atoms with Gasteiger partial charge in [0.2, 0.25) is 5.91 Å². The van der Waals surface area contributed by atoms with Gasteiger partial charge in [-0.25, -0.2) is 4.98 Å². The van der Waals surface area contributed by atoms with E-state index in [9.17, 15) is 9.59 Å².